The highest BCUT2D eigenvalue weighted by Crippen LogP contribution is 2.28. The molecular weight excluding hydrogens is 385 g/mol. The molecule has 0 radical (unpaired) electrons. The normalized spacial score (nSPS) is 15.2. The van der Waals surface area contributed by atoms with Gasteiger partial charge in [0.15, 0.2) is 0 Å². The van der Waals surface area contributed by atoms with Gasteiger partial charge >= 0.3 is 0 Å². The van der Waals surface area contributed by atoms with Crippen LogP contribution in [0.1, 0.15) is 17.3 Å². The average molecular weight is 407 g/mol. The molecule has 28 heavy (non-hydrogen) atoms. The second kappa shape index (κ2) is 8.68. The summed E-state index contributed by atoms with van der Waals surface area (Å²) in [4.78, 5) is 12.6. The van der Waals surface area contributed by atoms with E-state index in [2.05, 4.69) is 10.6 Å². The molecule has 0 aliphatic carbocycles. The molecule has 1 aliphatic heterocycles. The zero-order valence-corrected chi connectivity index (χ0v) is 16.3. The van der Waals surface area contributed by atoms with Gasteiger partial charge in [0.1, 0.15) is 5.82 Å². The van der Waals surface area contributed by atoms with E-state index in [-0.39, 0.29) is 29.2 Å². The van der Waals surface area contributed by atoms with Crippen LogP contribution in [0.5, 0.6) is 0 Å². The van der Waals surface area contributed by atoms with E-state index < -0.39 is 21.7 Å². The molecule has 0 unspecified atom stereocenters. The van der Waals surface area contributed by atoms with Gasteiger partial charge in [-0.2, -0.15) is 4.31 Å². The van der Waals surface area contributed by atoms with Gasteiger partial charge in [-0.1, -0.05) is 12.1 Å². The molecule has 0 atom stereocenters. The van der Waals surface area contributed by atoms with Crippen molar-refractivity contribution in [2.24, 2.45) is 0 Å². The predicted molar refractivity (Wildman–Crippen MR) is 105 cm³/mol. The third-order valence-corrected chi connectivity index (χ3v) is 6.23. The van der Waals surface area contributed by atoms with E-state index in [0.29, 0.717) is 25.4 Å². The molecule has 1 fully saturated rings. The van der Waals surface area contributed by atoms with Gasteiger partial charge < -0.3 is 15.4 Å². The van der Waals surface area contributed by atoms with Crippen molar-refractivity contribution in [1.29, 1.82) is 0 Å². The van der Waals surface area contributed by atoms with Crippen molar-refractivity contribution in [2.75, 3.05) is 43.5 Å². The van der Waals surface area contributed by atoms with E-state index in [9.17, 15) is 17.6 Å². The predicted octanol–water partition coefficient (Wildman–Crippen LogP) is 2.53. The van der Waals surface area contributed by atoms with E-state index in [0.717, 1.165) is 0 Å². The summed E-state index contributed by atoms with van der Waals surface area (Å²) in [5.74, 6) is -1.31. The van der Waals surface area contributed by atoms with Crippen LogP contribution in [0, 0.1) is 5.82 Å². The third-order valence-electron chi connectivity index (χ3n) is 4.33. The quantitative estimate of drug-likeness (QED) is 0.768. The number of amides is 1. The third kappa shape index (κ3) is 4.32. The molecule has 1 heterocycles. The maximum absolute atomic E-state index is 13.9. The standard InChI is InChI=1S/C19H22FN3O4S/c1-2-21-17-8-7-14(28(25,26)23-9-11-27-12-10-23)13-18(17)22-19(24)15-5-3-4-6-16(15)20/h3-8,13,21H,2,9-12H2,1H3,(H,22,24). The number of nitrogens with one attached hydrogen (secondary N) is 2. The van der Waals surface area contributed by atoms with Gasteiger partial charge in [0.25, 0.3) is 5.91 Å². The number of carbonyl (C=O) groups excluding carboxylic acids is 1. The smallest absolute Gasteiger partial charge is 0.258 e. The van der Waals surface area contributed by atoms with Crippen LogP contribution in [-0.4, -0.2) is 51.5 Å². The van der Waals surface area contributed by atoms with Crippen molar-refractivity contribution in [1.82, 2.24) is 4.31 Å². The Balaban J connectivity index is 1.93. The van der Waals surface area contributed by atoms with Crippen molar-refractivity contribution >= 4 is 27.3 Å². The molecule has 0 bridgehead atoms. The molecule has 0 saturated carbocycles. The Morgan fingerprint density at radius 3 is 2.54 bits per heavy atom. The number of benzene rings is 2. The molecule has 0 spiro atoms. The number of morpholine rings is 1. The van der Waals surface area contributed by atoms with Crippen LogP contribution in [0.3, 0.4) is 0 Å². The Labute approximate surface area is 163 Å². The monoisotopic (exact) mass is 407 g/mol. The summed E-state index contributed by atoms with van der Waals surface area (Å²) < 4.78 is 46.3. The number of carbonyl (C=O) groups is 1. The van der Waals surface area contributed by atoms with Crippen LogP contribution in [-0.2, 0) is 14.8 Å². The highest BCUT2D eigenvalue weighted by Gasteiger charge is 2.27. The zero-order valence-electron chi connectivity index (χ0n) is 15.4. The Morgan fingerprint density at radius 2 is 1.86 bits per heavy atom. The molecule has 9 heteroatoms. The van der Waals surface area contributed by atoms with Gasteiger partial charge in [0.2, 0.25) is 10.0 Å². The van der Waals surface area contributed by atoms with Crippen molar-refractivity contribution < 1.29 is 22.3 Å². The molecule has 150 valence electrons. The Bertz CT molecular complexity index is 959. The lowest BCUT2D eigenvalue weighted by Crippen LogP contribution is -2.40. The number of hydrogen-bond donors (Lipinski definition) is 2. The van der Waals surface area contributed by atoms with Crippen LogP contribution in [0.15, 0.2) is 47.4 Å². The summed E-state index contributed by atoms with van der Waals surface area (Å²) >= 11 is 0. The fourth-order valence-electron chi connectivity index (χ4n) is 2.90. The second-order valence-electron chi connectivity index (χ2n) is 6.19. The highest BCUT2D eigenvalue weighted by atomic mass is 32.2. The van der Waals surface area contributed by atoms with Crippen LogP contribution in [0.25, 0.3) is 0 Å². The lowest BCUT2D eigenvalue weighted by Gasteiger charge is -2.26. The summed E-state index contributed by atoms with van der Waals surface area (Å²) in [6.07, 6.45) is 0. The van der Waals surface area contributed by atoms with Crippen LogP contribution >= 0.6 is 0 Å². The number of anilines is 2. The van der Waals surface area contributed by atoms with Gasteiger partial charge in [-0.15, -0.1) is 0 Å². The first kappa shape index (κ1) is 20.2. The Hall–Kier alpha value is -2.49. The molecule has 0 aromatic heterocycles. The number of sulfonamides is 1. The lowest BCUT2D eigenvalue weighted by atomic mass is 10.2. The highest BCUT2D eigenvalue weighted by molar-refractivity contribution is 7.89. The van der Waals surface area contributed by atoms with Gasteiger partial charge in [0.05, 0.1) is 35.0 Å². The number of rotatable bonds is 6. The van der Waals surface area contributed by atoms with E-state index >= 15 is 0 Å². The van der Waals surface area contributed by atoms with Crippen molar-refractivity contribution in [3.8, 4) is 0 Å². The van der Waals surface area contributed by atoms with Crippen LogP contribution < -0.4 is 10.6 Å². The molecule has 2 N–H and O–H groups in total. The van der Waals surface area contributed by atoms with Crippen LogP contribution in [0.2, 0.25) is 0 Å². The summed E-state index contributed by atoms with van der Waals surface area (Å²) in [5.41, 5.74) is 0.698. The minimum atomic E-state index is -3.72. The average Bonchev–Trinajstić information content (AvgIpc) is 2.70. The maximum Gasteiger partial charge on any atom is 0.258 e. The first-order chi connectivity index (χ1) is 13.4. The van der Waals surface area contributed by atoms with E-state index in [4.69, 9.17) is 4.74 Å². The Kier molecular flexibility index (Phi) is 6.28. The largest absolute Gasteiger partial charge is 0.384 e. The topological polar surface area (TPSA) is 87.7 Å². The maximum atomic E-state index is 13.9. The lowest BCUT2D eigenvalue weighted by molar-refractivity contribution is 0.0730. The van der Waals surface area contributed by atoms with Crippen molar-refractivity contribution in [3.05, 3.63) is 53.8 Å². The second-order valence-corrected chi connectivity index (χ2v) is 8.13. The summed E-state index contributed by atoms with van der Waals surface area (Å²) in [7, 11) is -3.72. The number of ether oxygens (including phenoxy) is 1. The summed E-state index contributed by atoms with van der Waals surface area (Å²) in [6.45, 7) is 3.67. The minimum absolute atomic E-state index is 0.0555. The van der Waals surface area contributed by atoms with Crippen molar-refractivity contribution in [3.63, 3.8) is 0 Å². The van der Waals surface area contributed by atoms with Gasteiger partial charge in [0, 0.05) is 19.6 Å². The first-order valence-corrected chi connectivity index (χ1v) is 10.4. The van der Waals surface area contributed by atoms with Gasteiger partial charge in [-0.25, -0.2) is 12.8 Å². The molecule has 1 aliphatic rings. The van der Waals surface area contributed by atoms with E-state index in [1.54, 1.807) is 12.1 Å². The molecule has 7 nitrogen and oxygen atoms in total. The zero-order chi connectivity index (χ0) is 20.1. The molecule has 3 rings (SSSR count). The molecular formula is C19H22FN3O4S. The molecule has 1 amide bonds. The summed E-state index contributed by atoms with van der Waals surface area (Å²) in [6, 6.07) is 10.1. The number of hydrogen-bond acceptors (Lipinski definition) is 5. The number of halogens is 1. The Morgan fingerprint density at radius 1 is 1.14 bits per heavy atom. The van der Waals surface area contributed by atoms with Gasteiger partial charge in [-0.3, -0.25) is 4.79 Å². The minimum Gasteiger partial charge on any atom is -0.384 e. The fourth-order valence-corrected chi connectivity index (χ4v) is 4.34. The number of nitrogens with zero attached hydrogens (tertiary/aromatic N) is 1. The van der Waals surface area contributed by atoms with E-state index in [1.165, 1.54) is 34.6 Å². The molecule has 2 aromatic carbocycles. The first-order valence-electron chi connectivity index (χ1n) is 8.95. The molecule has 1 saturated heterocycles. The summed E-state index contributed by atoms with van der Waals surface area (Å²) in [5, 5.41) is 5.69. The van der Waals surface area contributed by atoms with Crippen molar-refractivity contribution in [2.45, 2.75) is 11.8 Å². The van der Waals surface area contributed by atoms with Crippen LogP contribution in [0.4, 0.5) is 15.8 Å². The molecule has 2 aromatic rings. The van der Waals surface area contributed by atoms with E-state index in [1.807, 2.05) is 6.92 Å². The SMILES string of the molecule is CCNc1ccc(S(=O)(=O)N2CCOCC2)cc1NC(=O)c1ccccc1F. The van der Waals surface area contributed by atoms with Gasteiger partial charge in [-0.05, 0) is 37.3 Å². The fraction of sp³-hybridized carbons (Fsp3) is 0.316.